The molecular weight excluding hydrogens is 432 g/mol. The van der Waals surface area contributed by atoms with Gasteiger partial charge in [-0.25, -0.2) is 0 Å². The molecule has 1 aromatic carbocycles. The van der Waals surface area contributed by atoms with E-state index in [1.807, 2.05) is 53.1 Å². The first-order chi connectivity index (χ1) is 15.1. The molecule has 0 bridgehead atoms. The number of fused-ring (bicyclic) bond motifs is 1. The second-order valence-corrected chi connectivity index (χ2v) is 9.53. The van der Waals surface area contributed by atoms with Crippen LogP contribution in [0.25, 0.3) is 21.5 Å². The molecule has 31 heavy (non-hydrogen) atoms. The fourth-order valence-corrected chi connectivity index (χ4v) is 5.17. The van der Waals surface area contributed by atoms with Crippen LogP contribution in [-0.4, -0.2) is 46.2 Å². The summed E-state index contributed by atoms with van der Waals surface area (Å²) < 4.78 is 8.26. The lowest BCUT2D eigenvalue weighted by atomic mass is 10.2. The third-order valence-corrected chi connectivity index (χ3v) is 7.04. The van der Waals surface area contributed by atoms with Crippen LogP contribution in [-0.2, 0) is 6.54 Å². The van der Waals surface area contributed by atoms with Crippen LogP contribution in [0.1, 0.15) is 29.5 Å². The number of carbonyl (C=O) groups is 1. The summed E-state index contributed by atoms with van der Waals surface area (Å²) in [5.41, 5.74) is 2.39. The molecule has 160 valence electrons. The number of likely N-dealkylation sites (tertiary alicyclic amines) is 1. The molecule has 6 nitrogen and oxygen atoms in total. The molecule has 1 aliphatic rings. The van der Waals surface area contributed by atoms with Crippen molar-refractivity contribution in [1.82, 2.24) is 19.9 Å². The number of thiophene rings is 1. The molecule has 1 saturated heterocycles. The summed E-state index contributed by atoms with van der Waals surface area (Å²) in [6.07, 6.45) is 0.982. The molecule has 0 saturated carbocycles. The summed E-state index contributed by atoms with van der Waals surface area (Å²) in [6.45, 7) is 5.54. The van der Waals surface area contributed by atoms with Crippen LogP contribution in [0.4, 0.5) is 0 Å². The normalized spacial score (nSPS) is 16.9. The average molecular weight is 455 g/mol. The lowest BCUT2D eigenvalue weighted by Crippen LogP contribution is -2.38. The molecule has 0 spiro atoms. The van der Waals surface area contributed by atoms with Crippen LogP contribution < -0.4 is 5.32 Å². The van der Waals surface area contributed by atoms with Crippen molar-refractivity contribution in [3.8, 4) is 10.6 Å². The minimum Gasteiger partial charge on any atom is -0.355 e. The summed E-state index contributed by atoms with van der Waals surface area (Å²) in [4.78, 5) is 16.5. The summed E-state index contributed by atoms with van der Waals surface area (Å²) in [5, 5.41) is 8.49. The Balaban J connectivity index is 1.43. The van der Waals surface area contributed by atoms with Crippen molar-refractivity contribution in [1.29, 1.82) is 0 Å². The number of hydrogen-bond donors (Lipinski definition) is 1. The van der Waals surface area contributed by atoms with Gasteiger partial charge >= 0.3 is 0 Å². The standard InChI is InChI=1S/C23H23ClN4O2S/c1-2-27-10-9-16(13-27)25-23(29)19-11-15-5-3-4-6-18(15)28(19)14-17-12-20(30-26-17)21-7-8-22(24)31-21/h3-8,11-12,16H,2,9-10,13-14H2,1H3,(H,25,29)/t16-/m1/s1. The second-order valence-electron chi connectivity index (χ2n) is 7.81. The zero-order chi connectivity index (χ0) is 21.4. The summed E-state index contributed by atoms with van der Waals surface area (Å²) in [5.74, 6) is 0.632. The fraction of sp³-hybridized carbons (Fsp3) is 0.304. The van der Waals surface area contributed by atoms with Crippen molar-refractivity contribution in [2.75, 3.05) is 19.6 Å². The number of benzene rings is 1. The van der Waals surface area contributed by atoms with E-state index >= 15 is 0 Å². The maximum Gasteiger partial charge on any atom is 0.268 e. The number of aromatic nitrogens is 2. The molecular formula is C23H23ClN4O2S. The lowest BCUT2D eigenvalue weighted by Gasteiger charge is -2.15. The molecule has 8 heteroatoms. The monoisotopic (exact) mass is 454 g/mol. The predicted molar refractivity (Wildman–Crippen MR) is 124 cm³/mol. The lowest BCUT2D eigenvalue weighted by molar-refractivity contribution is 0.0929. The maximum atomic E-state index is 13.2. The molecule has 0 unspecified atom stereocenters. The molecule has 0 radical (unpaired) electrons. The molecule has 1 atom stereocenters. The number of nitrogens with zero attached hydrogens (tertiary/aromatic N) is 3. The van der Waals surface area contributed by atoms with E-state index in [1.54, 1.807) is 0 Å². The van der Waals surface area contributed by atoms with Gasteiger partial charge in [-0.1, -0.05) is 41.9 Å². The first-order valence-electron chi connectivity index (χ1n) is 10.4. The number of para-hydroxylation sites is 1. The largest absolute Gasteiger partial charge is 0.355 e. The van der Waals surface area contributed by atoms with Crippen molar-refractivity contribution in [3.05, 3.63) is 64.3 Å². The first-order valence-corrected chi connectivity index (χ1v) is 11.6. The number of halogens is 1. The summed E-state index contributed by atoms with van der Waals surface area (Å²) in [7, 11) is 0. The highest BCUT2D eigenvalue weighted by Gasteiger charge is 2.25. The van der Waals surface area contributed by atoms with Crippen molar-refractivity contribution < 1.29 is 9.32 Å². The summed E-state index contributed by atoms with van der Waals surface area (Å²) in [6, 6.07) is 15.8. The van der Waals surface area contributed by atoms with Gasteiger partial charge in [-0.15, -0.1) is 11.3 Å². The van der Waals surface area contributed by atoms with Crippen LogP contribution in [0, 0.1) is 0 Å². The Morgan fingerprint density at radius 1 is 1.29 bits per heavy atom. The third-order valence-electron chi connectivity index (χ3n) is 5.79. The number of hydrogen-bond acceptors (Lipinski definition) is 5. The van der Waals surface area contributed by atoms with Crippen LogP contribution in [0.3, 0.4) is 0 Å². The van der Waals surface area contributed by atoms with Gasteiger partial charge < -0.3 is 19.3 Å². The van der Waals surface area contributed by atoms with Gasteiger partial charge in [0.15, 0.2) is 5.76 Å². The van der Waals surface area contributed by atoms with Gasteiger partial charge in [-0.2, -0.15) is 0 Å². The van der Waals surface area contributed by atoms with E-state index in [4.69, 9.17) is 16.1 Å². The topological polar surface area (TPSA) is 63.3 Å². The number of rotatable bonds is 6. The highest BCUT2D eigenvalue weighted by atomic mass is 35.5. The Morgan fingerprint density at radius 3 is 2.94 bits per heavy atom. The van der Waals surface area contributed by atoms with E-state index in [1.165, 1.54) is 11.3 Å². The van der Waals surface area contributed by atoms with Gasteiger partial charge in [0.1, 0.15) is 11.4 Å². The Hall–Kier alpha value is -2.61. The Labute approximate surface area is 189 Å². The minimum absolute atomic E-state index is 0.0482. The SMILES string of the molecule is CCN1CC[C@@H](NC(=O)c2cc3ccccc3n2Cc2cc(-c3ccc(Cl)s3)on2)C1. The van der Waals surface area contributed by atoms with Crippen molar-refractivity contribution >= 4 is 39.7 Å². The Morgan fingerprint density at radius 2 is 2.16 bits per heavy atom. The van der Waals surface area contributed by atoms with Crippen molar-refractivity contribution in [2.45, 2.75) is 25.9 Å². The molecule has 4 aromatic rings. The molecule has 1 amide bonds. The zero-order valence-electron chi connectivity index (χ0n) is 17.2. The average Bonchev–Trinajstić information content (AvgIpc) is 3.55. The van der Waals surface area contributed by atoms with Crippen LogP contribution in [0.2, 0.25) is 4.34 Å². The fourth-order valence-electron chi connectivity index (χ4n) is 4.18. The maximum absolute atomic E-state index is 13.2. The van der Waals surface area contributed by atoms with Gasteiger partial charge in [0, 0.05) is 36.1 Å². The van der Waals surface area contributed by atoms with Crippen molar-refractivity contribution in [2.24, 2.45) is 0 Å². The Bertz CT molecular complexity index is 1230. The molecule has 5 rings (SSSR count). The quantitative estimate of drug-likeness (QED) is 0.451. The van der Waals surface area contributed by atoms with E-state index in [0.29, 0.717) is 22.3 Å². The first kappa shape index (κ1) is 20.3. The van der Waals surface area contributed by atoms with Gasteiger partial charge in [0.05, 0.1) is 15.8 Å². The number of amides is 1. The van der Waals surface area contributed by atoms with E-state index in [-0.39, 0.29) is 11.9 Å². The predicted octanol–water partition coefficient (Wildman–Crippen LogP) is 4.88. The molecule has 1 aliphatic heterocycles. The summed E-state index contributed by atoms with van der Waals surface area (Å²) >= 11 is 7.50. The number of carbonyl (C=O) groups excluding carboxylic acids is 1. The van der Waals surface area contributed by atoms with Crippen LogP contribution in [0.15, 0.2) is 53.1 Å². The van der Waals surface area contributed by atoms with Gasteiger partial charge in [0.25, 0.3) is 5.91 Å². The molecule has 1 fully saturated rings. The highest BCUT2D eigenvalue weighted by Crippen LogP contribution is 2.32. The number of likely N-dealkylation sites (N-methyl/N-ethyl adjacent to an activating group) is 1. The van der Waals surface area contributed by atoms with Gasteiger partial charge in [-0.05, 0) is 37.2 Å². The smallest absolute Gasteiger partial charge is 0.268 e. The number of nitrogens with one attached hydrogen (secondary N) is 1. The van der Waals surface area contributed by atoms with Crippen LogP contribution >= 0.6 is 22.9 Å². The van der Waals surface area contributed by atoms with Crippen molar-refractivity contribution in [3.63, 3.8) is 0 Å². The zero-order valence-corrected chi connectivity index (χ0v) is 18.7. The van der Waals surface area contributed by atoms with Crippen LogP contribution in [0.5, 0.6) is 0 Å². The third kappa shape index (κ3) is 4.13. The molecule has 0 aliphatic carbocycles. The van der Waals surface area contributed by atoms with E-state index in [9.17, 15) is 4.79 Å². The van der Waals surface area contributed by atoms with Gasteiger partial charge in [-0.3, -0.25) is 4.79 Å². The molecule has 3 aromatic heterocycles. The Kier molecular flexibility index (Phi) is 5.56. The second kappa shape index (κ2) is 8.49. The molecule has 1 N–H and O–H groups in total. The van der Waals surface area contributed by atoms with E-state index < -0.39 is 0 Å². The van der Waals surface area contributed by atoms with E-state index in [0.717, 1.165) is 47.5 Å². The highest BCUT2D eigenvalue weighted by molar-refractivity contribution is 7.19. The van der Waals surface area contributed by atoms with Gasteiger partial charge in [0.2, 0.25) is 0 Å². The van der Waals surface area contributed by atoms with E-state index in [2.05, 4.69) is 22.3 Å². The molecule has 4 heterocycles. The minimum atomic E-state index is -0.0482.